The van der Waals surface area contributed by atoms with E-state index in [1.54, 1.807) is 0 Å². The van der Waals surface area contributed by atoms with E-state index in [0.29, 0.717) is 11.6 Å². The van der Waals surface area contributed by atoms with Crippen LogP contribution in [0.1, 0.15) is 0 Å². The normalized spacial score (nSPS) is 10.4. The monoisotopic (exact) mass is 364 g/mol. The number of rotatable bonds is 1. The van der Waals surface area contributed by atoms with Crippen LogP contribution in [0, 0.1) is 3.57 Å². The fraction of sp³-hybridized carbons (Fsp3) is 0. The Kier molecular flexibility index (Phi) is 2.78. The molecule has 0 unspecified atom stereocenters. The van der Waals surface area contributed by atoms with Crippen molar-refractivity contribution in [2.75, 3.05) is 5.73 Å². The minimum Gasteiger partial charge on any atom is -0.380 e. The first-order valence-corrected chi connectivity index (χ1v) is 5.72. The lowest BCUT2D eigenvalue weighted by Crippen LogP contribution is -1.86. The maximum Gasteiger partial charge on any atom is 0.182 e. The standard InChI is InChI=1S/C9H6BrIN2O/c10-6-3-1-2-5(4-6)8-7(11)9(12)13-14-8/h1-4H,(H2,12,13). The average molecular weight is 365 g/mol. The van der Waals surface area contributed by atoms with E-state index in [1.165, 1.54) is 0 Å². The van der Waals surface area contributed by atoms with Crippen LogP contribution in [0.3, 0.4) is 0 Å². The van der Waals surface area contributed by atoms with E-state index in [-0.39, 0.29) is 0 Å². The van der Waals surface area contributed by atoms with Gasteiger partial charge in [-0.15, -0.1) is 0 Å². The van der Waals surface area contributed by atoms with Gasteiger partial charge in [0.2, 0.25) is 0 Å². The lowest BCUT2D eigenvalue weighted by molar-refractivity contribution is 0.435. The largest absolute Gasteiger partial charge is 0.380 e. The smallest absolute Gasteiger partial charge is 0.182 e. The molecule has 0 radical (unpaired) electrons. The molecule has 0 spiro atoms. The molecule has 0 aliphatic rings. The Morgan fingerprint density at radius 3 is 2.79 bits per heavy atom. The zero-order chi connectivity index (χ0) is 10.1. The molecule has 72 valence electrons. The molecule has 14 heavy (non-hydrogen) atoms. The van der Waals surface area contributed by atoms with Gasteiger partial charge in [0.15, 0.2) is 11.6 Å². The minimum absolute atomic E-state index is 0.431. The number of hydrogen-bond acceptors (Lipinski definition) is 3. The second kappa shape index (κ2) is 3.90. The molecule has 5 heteroatoms. The van der Waals surface area contributed by atoms with Gasteiger partial charge in [-0.05, 0) is 34.7 Å². The van der Waals surface area contributed by atoms with Crippen LogP contribution in [0.5, 0.6) is 0 Å². The summed E-state index contributed by atoms with van der Waals surface area (Å²) in [5.41, 5.74) is 6.56. The summed E-state index contributed by atoms with van der Waals surface area (Å²) >= 11 is 5.51. The SMILES string of the molecule is Nc1noc(-c2cccc(Br)c2)c1I. The van der Waals surface area contributed by atoms with Crippen molar-refractivity contribution in [1.82, 2.24) is 5.16 Å². The summed E-state index contributed by atoms with van der Waals surface area (Å²) in [5.74, 6) is 1.14. The lowest BCUT2D eigenvalue weighted by atomic mass is 10.2. The first kappa shape index (κ1) is 9.97. The summed E-state index contributed by atoms with van der Waals surface area (Å²) in [6.07, 6.45) is 0. The van der Waals surface area contributed by atoms with Crippen molar-refractivity contribution in [3.8, 4) is 11.3 Å². The molecule has 2 rings (SSSR count). The van der Waals surface area contributed by atoms with Crippen LogP contribution in [0.4, 0.5) is 5.82 Å². The molecule has 0 bridgehead atoms. The van der Waals surface area contributed by atoms with Gasteiger partial charge in [-0.1, -0.05) is 33.2 Å². The van der Waals surface area contributed by atoms with Gasteiger partial charge in [0.25, 0.3) is 0 Å². The number of benzene rings is 1. The van der Waals surface area contributed by atoms with Crippen LogP contribution in [0.15, 0.2) is 33.3 Å². The van der Waals surface area contributed by atoms with Crippen molar-refractivity contribution in [1.29, 1.82) is 0 Å². The maximum absolute atomic E-state index is 5.59. The predicted octanol–water partition coefficient (Wildman–Crippen LogP) is 3.29. The molecule has 2 aromatic rings. The fourth-order valence-corrected chi connectivity index (χ4v) is 2.01. The zero-order valence-electron chi connectivity index (χ0n) is 7.00. The van der Waals surface area contributed by atoms with Gasteiger partial charge in [-0.2, -0.15) is 0 Å². The van der Waals surface area contributed by atoms with Gasteiger partial charge < -0.3 is 10.3 Å². The van der Waals surface area contributed by atoms with Crippen LogP contribution >= 0.6 is 38.5 Å². The molecule has 0 atom stereocenters. The molecule has 1 heterocycles. The van der Waals surface area contributed by atoms with Crippen LogP contribution < -0.4 is 5.73 Å². The first-order chi connectivity index (χ1) is 6.68. The van der Waals surface area contributed by atoms with E-state index >= 15 is 0 Å². The number of hydrogen-bond donors (Lipinski definition) is 1. The van der Waals surface area contributed by atoms with E-state index in [0.717, 1.165) is 13.6 Å². The highest BCUT2D eigenvalue weighted by molar-refractivity contribution is 14.1. The number of halogens is 2. The van der Waals surface area contributed by atoms with Gasteiger partial charge in [-0.3, -0.25) is 0 Å². The number of nitrogens with zero attached hydrogens (tertiary/aromatic N) is 1. The Morgan fingerprint density at radius 2 is 2.21 bits per heavy atom. The topological polar surface area (TPSA) is 52.0 Å². The summed E-state index contributed by atoms with van der Waals surface area (Å²) in [6, 6.07) is 7.80. The zero-order valence-corrected chi connectivity index (χ0v) is 10.7. The molecule has 3 nitrogen and oxygen atoms in total. The third-order valence-electron chi connectivity index (χ3n) is 1.75. The number of anilines is 1. The average Bonchev–Trinajstić information content (AvgIpc) is 2.48. The summed E-state index contributed by atoms with van der Waals surface area (Å²) in [6.45, 7) is 0. The Balaban J connectivity index is 2.55. The molecule has 0 amide bonds. The van der Waals surface area contributed by atoms with Gasteiger partial charge in [0.05, 0.1) is 0 Å². The van der Waals surface area contributed by atoms with Gasteiger partial charge in [0.1, 0.15) is 3.57 Å². The summed E-state index contributed by atoms with van der Waals surface area (Å²) in [7, 11) is 0. The van der Waals surface area contributed by atoms with Crippen LogP contribution in [0.25, 0.3) is 11.3 Å². The van der Waals surface area contributed by atoms with E-state index in [2.05, 4.69) is 43.7 Å². The highest BCUT2D eigenvalue weighted by atomic mass is 127. The number of nitrogens with two attached hydrogens (primary N) is 1. The lowest BCUT2D eigenvalue weighted by Gasteiger charge is -1.96. The highest BCUT2D eigenvalue weighted by Crippen LogP contribution is 2.30. The molecular weight excluding hydrogens is 359 g/mol. The van der Waals surface area contributed by atoms with Gasteiger partial charge in [-0.25, -0.2) is 0 Å². The molecule has 0 fully saturated rings. The minimum atomic E-state index is 0.431. The molecular formula is C9H6BrIN2O. The molecule has 1 aromatic carbocycles. The summed E-state index contributed by atoms with van der Waals surface area (Å²) in [5, 5.41) is 3.70. The molecule has 1 aromatic heterocycles. The quantitative estimate of drug-likeness (QED) is 0.790. The Bertz CT molecular complexity index is 470. The molecule has 0 aliphatic heterocycles. The Labute approximate surface area is 103 Å². The third kappa shape index (κ3) is 1.78. The van der Waals surface area contributed by atoms with E-state index in [9.17, 15) is 0 Å². The second-order valence-corrected chi connectivity index (χ2v) is 4.72. The predicted molar refractivity (Wildman–Crippen MR) is 66.8 cm³/mol. The van der Waals surface area contributed by atoms with Crippen LogP contribution in [0.2, 0.25) is 0 Å². The third-order valence-corrected chi connectivity index (χ3v) is 3.28. The first-order valence-electron chi connectivity index (χ1n) is 3.85. The van der Waals surface area contributed by atoms with Gasteiger partial charge in [0, 0.05) is 10.0 Å². The van der Waals surface area contributed by atoms with E-state index in [1.807, 2.05) is 24.3 Å². The van der Waals surface area contributed by atoms with Crippen LogP contribution in [-0.4, -0.2) is 5.16 Å². The highest BCUT2D eigenvalue weighted by Gasteiger charge is 2.12. The van der Waals surface area contributed by atoms with E-state index < -0.39 is 0 Å². The van der Waals surface area contributed by atoms with Crippen molar-refractivity contribution in [3.63, 3.8) is 0 Å². The van der Waals surface area contributed by atoms with Crippen molar-refractivity contribution in [3.05, 3.63) is 32.3 Å². The Hall–Kier alpha value is -0.560. The second-order valence-electron chi connectivity index (χ2n) is 2.72. The molecule has 0 saturated heterocycles. The number of aromatic nitrogens is 1. The molecule has 2 N–H and O–H groups in total. The van der Waals surface area contributed by atoms with Crippen molar-refractivity contribution >= 4 is 44.3 Å². The van der Waals surface area contributed by atoms with Crippen LogP contribution in [-0.2, 0) is 0 Å². The molecule has 0 aliphatic carbocycles. The van der Waals surface area contributed by atoms with Crippen molar-refractivity contribution < 1.29 is 4.52 Å². The maximum atomic E-state index is 5.59. The fourth-order valence-electron chi connectivity index (χ4n) is 1.10. The summed E-state index contributed by atoms with van der Waals surface area (Å²) in [4.78, 5) is 0. The van der Waals surface area contributed by atoms with Crippen molar-refractivity contribution in [2.45, 2.75) is 0 Å². The Morgan fingerprint density at radius 1 is 1.43 bits per heavy atom. The van der Waals surface area contributed by atoms with Gasteiger partial charge >= 0.3 is 0 Å². The summed E-state index contributed by atoms with van der Waals surface area (Å²) < 4.78 is 6.98. The molecule has 0 saturated carbocycles. The number of nitrogen functional groups attached to an aromatic ring is 1. The van der Waals surface area contributed by atoms with Crippen molar-refractivity contribution in [2.24, 2.45) is 0 Å². The van der Waals surface area contributed by atoms with E-state index in [4.69, 9.17) is 10.3 Å².